The van der Waals surface area contributed by atoms with Gasteiger partial charge in [0.05, 0.1) is 18.7 Å². The first kappa shape index (κ1) is 24.1. The van der Waals surface area contributed by atoms with Gasteiger partial charge in [-0.05, 0) is 50.6 Å². The lowest BCUT2D eigenvalue weighted by Gasteiger charge is -2.27. The van der Waals surface area contributed by atoms with Crippen LogP contribution in [0.3, 0.4) is 0 Å². The van der Waals surface area contributed by atoms with E-state index in [-0.39, 0.29) is 11.3 Å². The van der Waals surface area contributed by atoms with Crippen molar-refractivity contribution in [1.29, 1.82) is 0 Å². The first-order valence-corrected chi connectivity index (χ1v) is 11.8. The lowest BCUT2D eigenvalue weighted by Crippen LogP contribution is -2.29. The smallest absolute Gasteiger partial charge is 0.300 e. The number of carbonyl (C=O) groups is 2. The number of benzene rings is 3. The van der Waals surface area contributed by atoms with E-state index in [1.165, 1.54) is 4.90 Å². The number of hydrogen-bond acceptors (Lipinski definition) is 5. The van der Waals surface area contributed by atoms with E-state index in [4.69, 9.17) is 4.74 Å². The lowest BCUT2D eigenvalue weighted by molar-refractivity contribution is -0.132. The van der Waals surface area contributed by atoms with Crippen LogP contribution in [0.5, 0.6) is 5.75 Å². The van der Waals surface area contributed by atoms with Crippen LogP contribution in [-0.2, 0) is 9.59 Å². The van der Waals surface area contributed by atoms with E-state index in [2.05, 4.69) is 18.7 Å². The summed E-state index contributed by atoms with van der Waals surface area (Å²) in [7, 11) is 1.55. The summed E-state index contributed by atoms with van der Waals surface area (Å²) >= 11 is 0. The Labute approximate surface area is 206 Å². The van der Waals surface area contributed by atoms with Crippen LogP contribution in [0.25, 0.3) is 5.76 Å². The summed E-state index contributed by atoms with van der Waals surface area (Å²) in [6, 6.07) is 21.3. The Balaban J connectivity index is 1.90. The number of hydrogen-bond donors (Lipinski definition) is 1. The maximum absolute atomic E-state index is 13.3. The quantitative estimate of drug-likeness (QED) is 0.281. The van der Waals surface area contributed by atoms with Gasteiger partial charge in [0.15, 0.2) is 0 Å². The molecule has 6 heteroatoms. The number of anilines is 2. The summed E-state index contributed by atoms with van der Waals surface area (Å²) in [5, 5.41) is 11.3. The van der Waals surface area contributed by atoms with Crippen molar-refractivity contribution in [1.82, 2.24) is 0 Å². The normalized spacial score (nSPS) is 17.0. The fraction of sp³-hybridized carbons (Fsp3) is 0.241. The Morgan fingerprint density at radius 2 is 1.63 bits per heavy atom. The highest BCUT2D eigenvalue weighted by Gasteiger charge is 2.47. The molecule has 1 aliphatic rings. The van der Waals surface area contributed by atoms with Gasteiger partial charge in [-0.3, -0.25) is 14.5 Å². The van der Waals surface area contributed by atoms with Gasteiger partial charge in [0.2, 0.25) is 0 Å². The summed E-state index contributed by atoms with van der Waals surface area (Å²) < 4.78 is 5.35. The lowest BCUT2D eigenvalue weighted by atomic mass is 9.94. The molecule has 1 N–H and O–H groups in total. The Bertz CT molecular complexity index is 1260. The predicted molar refractivity (Wildman–Crippen MR) is 139 cm³/mol. The molecule has 1 heterocycles. The van der Waals surface area contributed by atoms with Gasteiger partial charge >= 0.3 is 0 Å². The van der Waals surface area contributed by atoms with E-state index >= 15 is 0 Å². The van der Waals surface area contributed by atoms with Crippen LogP contribution in [-0.4, -0.2) is 37.0 Å². The van der Waals surface area contributed by atoms with Crippen molar-refractivity contribution in [3.8, 4) is 5.75 Å². The largest absolute Gasteiger partial charge is 0.507 e. The molecule has 1 fully saturated rings. The van der Waals surface area contributed by atoms with Gasteiger partial charge in [-0.1, -0.05) is 48.0 Å². The van der Waals surface area contributed by atoms with E-state index in [9.17, 15) is 14.7 Å². The number of rotatable bonds is 7. The molecule has 1 aliphatic heterocycles. The van der Waals surface area contributed by atoms with Crippen LogP contribution in [0.4, 0.5) is 11.4 Å². The van der Waals surface area contributed by atoms with Crippen LogP contribution in [0, 0.1) is 6.92 Å². The maximum Gasteiger partial charge on any atom is 0.300 e. The average Bonchev–Trinajstić information content (AvgIpc) is 3.15. The molecule has 3 aromatic carbocycles. The minimum absolute atomic E-state index is 0.0669. The first-order chi connectivity index (χ1) is 16.9. The third-order valence-corrected chi connectivity index (χ3v) is 6.44. The Morgan fingerprint density at radius 3 is 2.23 bits per heavy atom. The van der Waals surface area contributed by atoms with Crippen LogP contribution in [0.15, 0.2) is 78.4 Å². The van der Waals surface area contributed by atoms with Gasteiger partial charge in [0.1, 0.15) is 11.5 Å². The summed E-state index contributed by atoms with van der Waals surface area (Å²) in [5.41, 5.74) is 3.89. The zero-order chi connectivity index (χ0) is 25.1. The molecule has 0 saturated carbocycles. The zero-order valence-electron chi connectivity index (χ0n) is 20.5. The molecule has 0 radical (unpaired) electrons. The fourth-order valence-corrected chi connectivity index (χ4v) is 4.50. The minimum Gasteiger partial charge on any atom is -0.507 e. The number of Topliss-reactive ketones (excluding diaryl/α,β-unsaturated/α-hetero) is 1. The maximum atomic E-state index is 13.3. The number of nitrogens with zero attached hydrogens (tertiary/aromatic N) is 2. The van der Waals surface area contributed by atoms with Crippen LogP contribution in [0.1, 0.15) is 36.6 Å². The number of aliphatic hydroxyl groups excluding tert-OH is 1. The van der Waals surface area contributed by atoms with Crippen molar-refractivity contribution in [2.75, 3.05) is 30.0 Å². The minimum atomic E-state index is -0.783. The Morgan fingerprint density at radius 1 is 0.971 bits per heavy atom. The van der Waals surface area contributed by atoms with Gasteiger partial charge in [-0.15, -0.1) is 0 Å². The van der Waals surface area contributed by atoms with Gasteiger partial charge in [-0.2, -0.15) is 0 Å². The van der Waals surface area contributed by atoms with E-state index in [0.29, 0.717) is 17.0 Å². The second-order valence-electron chi connectivity index (χ2n) is 8.50. The van der Waals surface area contributed by atoms with Crippen molar-refractivity contribution in [3.63, 3.8) is 0 Å². The van der Waals surface area contributed by atoms with Crippen LogP contribution < -0.4 is 14.5 Å². The highest BCUT2D eigenvalue weighted by Crippen LogP contribution is 2.43. The zero-order valence-corrected chi connectivity index (χ0v) is 20.5. The van der Waals surface area contributed by atoms with Gasteiger partial charge < -0.3 is 14.7 Å². The molecular weight excluding hydrogens is 440 g/mol. The highest BCUT2D eigenvalue weighted by molar-refractivity contribution is 6.51. The molecule has 4 rings (SSSR count). The highest BCUT2D eigenvalue weighted by atomic mass is 16.5. The third kappa shape index (κ3) is 4.52. The van der Waals surface area contributed by atoms with Crippen LogP contribution >= 0.6 is 0 Å². The Kier molecular flexibility index (Phi) is 6.92. The molecule has 3 aromatic rings. The molecule has 1 amide bonds. The van der Waals surface area contributed by atoms with Crippen molar-refractivity contribution < 1.29 is 19.4 Å². The number of methoxy groups -OCH3 is 1. The number of amides is 1. The average molecular weight is 471 g/mol. The molecule has 180 valence electrons. The van der Waals surface area contributed by atoms with Gasteiger partial charge in [0.25, 0.3) is 11.7 Å². The summed E-state index contributed by atoms with van der Waals surface area (Å²) in [4.78, 5) is 30.3. The summed E-state index contributed by atoms with van der Waals surface area (Å²) in [5.74, 6) is -1.03. The molecule has 1 saturated heterocycles. The summed E-state index contributed by atoms with van der Waals surface area (Å²) in [6.07, 6.45) is 0. The van der Waals surface area contributed by atoms with E-state index in [1.807, 2.05) is 43.3 Å². The standard InChI is InChI=1S/C29H30N2O4/c1-5-30(6-2)22-16-14-20(15-17-22)26-25(27(32)21-12-10-19(3)11-13-21)28(33)29(34)31(26)23-8-7-9-24(18-23)35-4/h7-18,26,32H,5-6H2,1-4H3/b27-25+. The Hall–Kier alpha value is -4.06. The molecule has 35 heavy (non-hydrogen) atoms. The van der Waals surface area contributed by atoms with Gasteiger partial charge in [-0.25, -0.2) is 0 Å². The van der Waals surface area contributed by atoms with Crippen molar-refractivity contribution in [2.45, 2.75) is 26.8 Å². The molecule has 0 bridgehead atoms. The van der Waals surface area contributed by atoms with Gasteiger partial charge in [0, 0.05) is 36.1 Å². The monoisotopic (exact) mass is 470 g/mol. The van der Waals surface area contributed by atoms with E-state index < -0.39 is 17.7 Å². The van der Waals surface area contributed by atoms with Crippen molar-refractivity contribution in [2.24, 2.45) is 0 Å². The third-order valence-electron chi connectivity index (χ3n) is 6.44. The molecule has 6 nitrogen and oxygen atoms in total. The van der Waals surface area contributed by atoms with Crippen molar-refractivity contribution in [3.05, 3.63) is 95.1 Å². The second-order valence-corrected chi connectivity index (χ2v) is 8.50. The SMILES string of the molecule is CCN(CC)c1ccc(C2/C(=C(\O)c3ccc(C)cc3)C(=O)C(=O)N2c2cccc(OC)c2)cc1. The summed E-state index contributed by atoms with van der Waals surface area (Å²) in [6.45, 7) is 7.87. The second kappa shape index (κ2) is 10.1. The van der Waals surface area contributed by atoms with Crippen LogP contribution in [0.2, 0.25) is 0 Å². The number of aryl methyl sites for hydroxylation is 1. The van der Waals surface area contributed by atoms with Crippen molar-refractivity contribution >= 4 is 28.8 Å². The topological polar surface area (TPSA) is 70.1 Å². The molecule has 1 atom stereocenters. The molecule has 0 aromatic heterocycles. The molecule has 0 spiro atoms. The number of aliphatic hydroxyl groups is 1. The molecule has 1 unspecified atom stereocenters. The van der Waals surface area contributed by atoms with E-state index in [1.54, 1.807) is 43.5 Å². The number of carbonyl (C=O) groups excluding carboxylic acids is 2. The number of ketones is 1. The van der Waals surface area contributed by atoms with E-state index in [0.717, 1.165) is 29.9 Å². The first-order valence-electron chi connectivity index (χ1n) is 11.8. The predicted octanol–water partition coefficient (Wildman–Crippen LogP) is 5.48. The number of ether oxygens (including phenoxy) is 1. The fourth-order valence-electron chi connectivity index (χ4n) is 4.50. The molecular formula is C29H30N2O4. The molecule has 0 aliphatic carbocycles.